The fourth-order valence-electron chi connectivity index (χ4n) is 4.92. The van der Waals surface area contributed by atoms with Gasteiger partial charge in [0.25, 0.3) is 0 Å². The Balaban J connectivity index is 1.34. The second-order valence-corrected chi connectivity index (χ2v) is 12.8. The van der Waals surface area contributed by atoms with Crippen molar-refractivity contribution in [2.75, 3.05) is 6.54 Å². The van der Waals surface area contributed by atoms with Crippen LogP contribution in [0.4, 0.5) is 14.0 Å². The lowest BCUT2D eigenvalue weighted by atomic mass is 9.80. The molecule has 0 aromatic carbocycles. The minimum Gasteiger partial charge on any atom is -0.443 e. The lowest BCUT2D eigenvalue weighted by Gasteiger charge is -2.38. The zero-order valence-electron chi connectivity index (χ0n) is 23.7. The Hall–Kier alpha value is -3.50. The van der Waals surface area contributed by atoms with Gasteiger partial charge in [0.1, 0.15) is 16.7 Å². The third kappa shape index (κ3) is 5.91. The van der Waals surface area contributed by atoms with E-state index >= 15 is 0 Å². The molecule has 39 heavy (non-hydrogen) atoms. The third-order valence-electron chi connectivity index (χ3n) is 6.85. The second kappa shape index (κ2) is 9.60. The number of hydrogen-bond donors (Lipinski definition) is 0. The van der Waals surface area contributed by atoms with E-state index in [4.69, 9.17) is 14.6 Å². The number of hydrogen-bond acceptors (Lipinski definition) is 7. The van der Waals surface area contributed by atoms with E-state index in [9.17, 15) is 14.0 Å². The average molecular weight is 541 g/mol. The Kier molecular flexibility index (Phi) is 6.67. The first-order chi connectivity index (χ1) is 18.2. The SMILES string of the molecule is Cn1cc2c(-c3cn(C4CC(CN(C(=O)OC(C)(C)C)C(=O)OC(C)(C)C)C4)nc3C3CC3)ncc(F)c2n1. The minimum absolute atomic E-state index is 0.0843. The van der Waals surface area contributed by atoms with E-state index in [1.807, 2.05) is 10.9 Å². The molecule has 0 saturated heterocycles. The molecule has 2 aliphatic rings. The van der Waals surface area contributed by atoms with Gasteiger partial charge >= 0.3 is 12.2 Å². The molecule has 0 atom stereocenters. The van der Waals surface area contributed by atoms with Gasteiger partial charge in [-0.3, -0.25) is 14.3 Å². The predicted octanol–water partition coefficient (Wildman–Crippen LogP) is 5.97. The van der Waals surface area contributed by atoms with Crippen molar-refractivity contribution in [3.8, 4) is 11.3 Å². The van der Waals surface area contributed by atoms with Crippen LogP contribution in [0.3, 0.4) is 0 Å². The summed E-state index contributed by atoms with van der Waals surface area (Å²) in [5.41, 5.74) is 1.39. The fraction of sp³-hybridized carbons (Fsp3) is 0.607. The zero-order chi connectivity index (χ0) is 28.3. The molecule has 3 aromatic rings. The van der Waals surface area contributed by atoms with Crippen LogP contribution in [0.1, 0.15) is 84.9 Å². The van der Waals surface area contributed by atoms with Gasteiger partial charge in [0.15, 0.2) is 5.82 Å². The second-order valence-electron chi connectivity index (χ2n) is 12.8. The van der Waals surface area contributed by atoms with Gasteiger partial charge in [-0.15, -0.1) is 0 Å². The van der Waals surface area contributed by atoms with Crippen molar-refractivity contribution >= 4 is 23.1 Å². The highest BCUT2D eigenvalue weighted by Gasteiger charge is 2.40. The molecule has 3 heterocycles. The van der Waals surface area contributed by atoms with Crippen molar-refractivity contribution in [1.29, 1.82) is 0 Å². The van der Waals surface area contributed by atoms with Gasteiger partial charge in [-0.2, -0.15) is 10.2 Å². The molecular formula is C28H37FN6O4. The summed E-state index contributed by atoms with van der Waals surface area (Å²) < 4.78 is 28.9. The maximum Gasteiger partial charge on any atom is 0.419 e. The van der Waals surface area contributed by atoms with Crippen molar-refractivity contribution in [2.45, 2.75) is 90.4 Å². The van der Waals surface area contributed by atoms with Crippen LogP contribution in [0.5, 0.6) is 0 Å². The van der Waals surface area contributed by atoms with Crippen LogP contribution in [-0.2, 0) is 16.5 Å². The van der Waals surface area contributed by atoms with Gasteiger partial charge in [0, 0.05) is 42.9 Å². The summed E-state index contributed by atoms with van der Waals surface area (Å²) in [5, 5.41) is 9.87. The van der Waals surface area contributed by atoms with Crippen molar-refractivity contribution in [2.24, 2.45) is 13.0 Å². The minimum atomic E-state index is -0.738. The molecule has 2 fully saturated rings. The van der Waals surface area contributed by atoms with Crippen LogP contribution in [-0.4, -0.2) is 59.4 Å². The first-order valence-electron chi connectivity index (χ1n) is 13.5. The molecule has 2 aliphatic carbocycles. The Bertz CT molecular complexity index is 1380. The number of nitrogens with zero attached hydrogens (tertiary/aromatic N) is 6. The Morgan fingerprint density at radius 1 is 1.03 bits per heavy atom. The molecule has 10 nitrogen and oxygen atoms in total. The lowest BCUT2D eigenvalue weighted by molar-refractivity contribution is -0.00641. The number of carbonyl (C=O) groups excluding carboxylic acids is 2. The maximum atomic E-state index is 14.4. The number of carbonyl (C=O) groups is 2. The molecule has 0 radical (unpaired) electrons. The van der Waals surface area contributed by atoms with Crippen molar-refractivity contribution < 1.29 is 23.5 Å². The van der Waals surface area contributed by atoms with E-state index in [1.165, 1.54) is 6.20 Å². The van der Waals surface area contributed by atoms with E-state index < -0.39 is 29.2 Å². The number of ether oxygens (including phenoxy) is 2. The van der Waals surface area contributed by atoms with E-state index in [-0.39, 0.29) is 18.5 Å². The molecule has 2 amide bonds. The van der Waals surface area contributed by atoms with E-state index in [1.54, 1.807) is 59.5 Å². The molecule has 0 bridgehead atoms. The molecule has 3 aromatic heterocycles. The molecular weight excluding hydrogens is 503 g/mol. The fourth-order valence-corrected chi connectivity index (χ4v) is 4.92. The van der Waals surface area contributed by atoms with Crippen LogP contribution in [0.25, 0.3) is 22.2 Å². The third-order valence-corrected chi connectivity index (χ3v) is 6.85. The van der Waals surface area contributed by atoms with Gasteiger partial charge in [-0.1, -0.05) is 0 Å². The molecule has 0 aliphatic heterocycles. The van der Waals surface area contributed by atoms with E-state index in [2.05, 4.69) is 10.1 Å². The number of pyridine rings is 1. The summed E-state index contributed by atoms with van der Waals surface area (Å²) in [4.78, 5) is 31.3. The first kappa shape index (κ1) is 27.1. The summed E-state index contributed by atoms with van der Waals surface area (Å²) in [7, 11) is 1.76. The molecule has 5 rings (SSSR count). The predicted molar refractivity (Wildman–Crippen MR) is 143 cm³/mol. The highest BCUT2D eigenvalue weighted by atomic mass is 19.1. The zero-order valence-corrected chi connectivity index (χ0v) is 23.7. The van der Waals surface area contributed by atoms with Crippen LogP contribution in [0, 0.1) is 11.7 Å². The lowest BCUT2D eigenvalue weighted by Crippen LogP contribution is -2.47. The number of fused-ring (bicyclic) bond motifs is 1. The summed E-state index contributed by atoms with van der Waals surface area (Å²) in [5.74, 6) is 0.00245. The number of halogens is 1. The summed E-state index contributed by atoms with van der Waals surface area (Å²) >= 11 is 0. The molecule has 0 spiro atoms. The number of aryl methyl sites for hydroxylation is 1. The van der Waals surface area contributed by atoms with Gasteiger partial charge in [0.2, 0.25) is 0 Å². The summed E-state index contributed by atoms with van der Waals surface area (Å²) in [6, 6.07) is 0.116. The number of amides is 2. The Morgan fingerprint density at radius 2 is 1.64 bits per heavy atom. The van der Waals surface area contributed by atoms with Gasteiger partial charge < -0.3 is 9.47 Å². The number of imide groups is 1. The quantitative estimate of drug-likeness (QED) is 0.393. The standard InChI is InChI=1S/C28H37FN6O4/c1-27(2,3)38-25(36)34(26(37)39-28(4,5)6)13-16-10-18(11-16)35-15-20(22(32-35)17-8-9-17)23-19-14-33(7)31-24(19)21(29)12-30-23/h12,14-18H,8-11,13H2,1-7H3. The van der Waals surface area contributed by atoms with Crippen LogP contribution in [0.2, 0.25) is 0 Å². The van der Waals surface area contributed by atoms with Crippen LogP contribution >= 0.6 is 0 Å². The highest BCUT2D eigenvalue weighted by molar-refractivity contribution is 5.93. The van der Waals surface area contributed by atoms with Crippen molar-refractivity contribution in [3.05, 3.63) is 30.1 Å². The summed E-state index contributed by atoms with van der Waals surface area (Å²) in [6.45, 7) is 10.8. The molecule has 0 N–H and O–H groups in total. The van der Waals surface area contributed by atoms with Crippen molar-refractivity contribution in [1.82, 2.24) is 29.4 Å². The largest absolute Gasteiger partial charge is 0.443 e. The van der Waals surface area contributed by atoms with E-state index in [0.717, 1.165) is 41.8 Å². The normalized spacial score (nSPS) is 19.6. The molecule has 0 unspecified atom stereocenters. The number of aromatic nitrogens is 5. The first-order valence-corrected chi connectivity index (χ1v) is 13.5. The molecule has 210 valence electrons. The highest BCUT2D eigenvalue weighted by Crippen LogP contribution is 2.46. The molecule has 11 heteroatoms. The summed E-state index contributed by atoms with van der Waals surface area (Å²) in [6.07, 6.45) is 7.21. The monoisotopic (exact) mass is 540 g/mol. The smallest absolute Gasteiger partial charge is 0.419 e. The van der Waals surface area contributed by atoms with E-state index in [0.29, 0.717) is 22.5 Å². The van der Waals surface area contributed by atoms with Gasteiger partial charge in [0.05, 0.1) is 23.6 Å². The number of rotatable bonds is 5. The van der Waals surface area contributed by atoms with Gasteiger partial charge in [-0.25, -0.2) is 18.9 Å². The Morgan fingerprint density at radius 3 is 2.21 bits per heavy atom. The van der Waals surface area contributed by atoms with Crippen molar-refractivity contribution in [3.63, 3.8) is 0 Å². The maximum absolute atomic E-state index is 14.4. The van der Waals surface area contributed by atoms with Gasteiger partial charge in [-0.05, 0) is 73.1 Å². The average Bonchev–Trinajstić information content (AvgIpc) is 3.39. The molecule has 2 saturated carbocycles. The topological polar surface area (TPSA) is 104 Å². The Labute approximate surface area is 227 Å². The van der Waals surface area contributed by atoms with Crippen LogP contribution < -0.4 is 0 Å². The van der Waals surface area contributed by atoms with Crippen LogP contribution in [0.15, 0.2) is 18.6 Å².